The molecule has 0 spiro atoms. The number of morpholine rings is 1. The van der Waals surface area contributed by atoms with Gasteiger partial charge in [0, 0.05) is 32.1 Å². The lowest BCUT2D eigenvalue weighted by molar-refractivity contribution is 0.0377. The number of hydrogen-bond acceptors (Lipinski definition) is 5. The molecule has 6 nitrogen and oxygen atoms in total. The summed E-state index contributed by atoms with van der Waals surface area (Å²) in [7, 11) is 0. The summed E-state index contributed by atoms with van der Waals surface area (Å²) in [6.45, 7) is 4.20. The minimum atomic E-state index is -1.05. The van der Waals surface area contributed by atoms with Crippen molar-refractivity contribution in [1.29, 1.82) is 0 Å². The van der Waals surface area contributed by atoms with E-state index in [4.69, 9.17) is 14.4 Å². The van der Waals surface area contributed by atoms with E-state index in [1.165, 1.54) is 6.07 Å². The molecule has 1 aliphatic rings. The summed E-state index contributed by atoms with van der Waals surface area (Å²) in [6, 6.07) is 1.47. The van der Waals surface area contributed by atoms with Crippen molar-refractivity contribution >= 4 is 5.97 Å². The molecule has 6 heteroatoms. The highest BCUT2D eigenvalue weighted by molar-refractivity contribution is 5.85. The highest BCUT2D eigenvalue weighted by Gasteiger charge is 2.13. The molecule has 16 heavy (non-hydrogen) atoms. The molecule has 1 aliphatic heterocycles. The first-order valence-corrected chi connectivity index (χ1v) is 5.24. The second-order valence-corrected chi connectivity index (χ2v) is 3.69. The number of carboxylic acids is 1. The van der Waals surface area contributed by atoms with Crippen LogP contribution in [0.5, 0.6) is 0 Å². The third kappa shape index (κ3) is 2.80. The van der Waals surface area contributed by atoms with Crippen LogP contribution in [0.3, 0.4) is 0 Å². The Balaban J connectivity index is 1.81. The van der Waals surface area contributed by atoms with Crippen molar-refractivity contribution in [3.63, 3.8) is 0 Å². The van der Waals surface area contributed by atoms with Crippen molar-refractivity contribution in [2.45, 2.75) is 6.42 Å². The zero-order valence-corrected chi connectivity index (χ0v) is 8.89. The van der Waals surface area contributed by atoms with Gasteiger partial charge in [-0.25, -0.2) is 4.79 Å². The predicted molar refractivity (Wildman–Crippen MR) is 54.4 cm³/mol. The van der Waals surface area contributed by atoms with Crippen molar-refractivity contribution in [3.05, 3.63) is 17.5 Å². The van der Waals surface area contributed by atoms with Crippen LogP contribution in [0.15, 0.2) is 10.6 Å². The summed E-state index contributed by atoms with van der Waals surface area (Å²) >= 11 is 0. The van der Waals surface area contributed by atoms with Crippen LogP contribution in [-0.2, 0) is 11.2 Å². The fraction of sp³-hybridized carbons (Fsp3) is 0.600. The molecule has 1 aromatic heterocycles. The van der Waals surface area contributed by atoms with Gasteiger partial charge in [-0.05, 0) is 0 Å². The molecule has 0 bridgehead atoms. The normalized spacial score (nSPS) is 17.5. The Bertz CT molecular complexity index is 357. The average Bonchev–Trinajstić information content (AvgIpc) is 2.76. The topological polar surface area (TPSA) is 75.8 Å². The van der Waals surface area contributed by atoms with Crippen LogP contribution in [0.1, 0.15) is 16.2 Å². The number of ether oxygens (including phenoxy) is 1. The van der Waals surface area contributed by atoms with Crippen molar-refractivity contribution in [2.75, 3.05) is 32.8 Å². The number of carbonyl (C=O) groups is 1. The monoisotopic (exact) mass is 226 g/mol. The number of carboxylic acid groups (broad SMARTS) is 1. The SMILES string of the molecule is O=C(O)c1cc(CCN2CCOCC2)on1. The maximum atomic E-state index is 10.6. The highest BCUT2D eigenvalue weighted by Crippen LogP contribution is 2.06. The van der Waals surface area contributed by atoms with Crippen molar-refractivity contribution < 1.29 is 19.2 Å². The van der Waals surface area contributed by atoms with Gasteiger partial charge in [-0.15, -0.1) is 0 Å². The Morgan fingerprint density at radius 2 is 2.25 bits per heavy atom. The fourth-order valence-electron chi connectivity index (χ4n) is 1.62. The van der Waals surface area contributed by atoms with Gasteiger partial charge in [-0.3, -0.25) is 4.90 Å². The molecule has 0 unspecified atom stereocenters. The first kappa shape index (κ1) is 11.1. The number of aromatic carboxylic acids is 1. The highest BCUT2D eigenvalue weighted by atomic mass is 16.5. The van der Waals surface area contributed by atoms with Crippen molar-refractivity contribution in [2.24, 2.45) is 0 Å². The summed E-state index contributed by atoms with van der Waals surface area (Å²) in [5, 5.41) is 12.1. The smallest absolute Gasteiger partial charge is 0.358 e. The van der Waals surface area contributed by atoms with Crippen molar-refractivity contribution in [3.8, 4) is 0 Å². The van der Waals surface area contributed by atoms with E-state index < -0.39 is 5.97 Å². The van der Waals surface area contributed by atoms with Crippen LogP contribution in [0.4, 0.5) is 0 Å². The molecule has 2 rings (SSSR count). The lowest BCUT2D eigenvalue weighted by Gasteiger charge is -2.25. The molecule has 0 radical (unpaired) electrons. The van der Waals surface area contributed by atoms with Gasteiger partial charge < -0.3 is 14.4 Å². The minimum absolute atomic E-state index is 0.0306. The van der Waals surface area contributed by atoms with E-state index in [-0.39, 0.29) is 5.69 Å². The molecule has 1 N–H and O–H groups in total. The van der Waals surface area contributed by atoms with Crippen LogP contribution < -0.4 is 0 Å². The fourth-order valence-corrected chi connectivity index (χ4v) is 1.62. The molecular weight excluding hydrogens is 212 g/mol. The van der Waals surface area contributed by atoms with Crippen LogP contribution in [0.2, 0.25) is 0 Å². The van der Waals surface area contributed by atoms with Gasteiger partial charge in [0.05, 0.1) is 13.2 Å². The minimum Gasteiger partial charge on any atom is -0.476 e. The second kappa shape index (κ2) is 5.09. The standard InChI is InChI=1S/C10H14N2O4/c13-10(14)9-7-8(16-11-9)1-2-12-3-5-15-6-4-12/h7H,1-6H2,(H,13,14). The van der Waals surface area contributed by atoms with E-state index in [0.717, 1.165) is 32.8 Å². The molecule has 0 aromatic carbocycles. The molecule has 2 heterocycles. The van der Waals surface area contributed by atoms with Crippen LogP contribution in [0.25, 0.3) is 0 Å². The van der Waals surface area contributed by atoms with E-state index in [2.05, 4.69) is 10.1 Å². The predicted octanol–water partition coefficient (Wildman–Crippen LogP) is 0.248. The van der Waals surface area contributed by atoms with Gasteiger partial charge in [0.1, 0.15) is 5.76 Å². The van der Waals surface area contributed by atoms with E-state index in [1.54, 1.807) is 0 Å². The van der Waals surface area contributed by atoms with Gasteiger partial charge >= 0.3 is 5.97 Å². The van der Waals surface area contributed by atoms with Crippen molar-refractivity contribution in [1.82, 2.24) is 10.1 Å². The van der Waals surface area contributed by atoms with Gasteiger partial charge in [0.25, 0.3) is 0 Å². The summed E-state index contributed by atoms with van der Waals surface area (Å²) in [5.74, 6) is -0.440. The largest absolute Gasteiger partial charge is 0.476 e. The van der Waals surface area contributed by atoms with Crippen LogP contribution >= 0.6 is 0 Å². The quantitative estimate of drug-likeness (QED) is 0.793. The number of rotatable bonds is 4. The molecular formula is C10H14N2O4. The molecule has 0 atom stereocenters. The Morgan fingerprint density at radius 1 is 1.50 bits per heavy atom. The number of hydrogen-bond donors (Lipinski definition) is 1. The Labute approximate surface area is 92.8 Å². The van der Waals surface area contributed by atoms with Gasteiger partial charge in [-0.2, -0.15) is 0 Å². The molecule has 1 fully saturated rings. The molecule has 0 aliphatic carbocycles. The molecule has 1 aromatic rings. The maximum absolute atomic E-state index is 10.6. The number of aromatic nitrogens is 1. The third-order valence-electron chi connectivity index (χ3n) is 2.56. The third-order valence-corrected chi connectivity index (χ3v) is 2.56. The summed E-state index contributed by atoms with van der Waals surface area (Å²) in [6.07, 6.45) is 0.681. The summed E-state index contributed by atoms with van der Waals surface area (Å²) in [5.41, 5.74) is -0.0306. The van der Waals surface area contributed by atoms with Gasteiger partial charge in [0.15, 0.2) is 5.69 Å². The van der Waals surface area contributed by atoms with E-state index in [0.29, 0.717) is 12.2 Å². The van der Waals surface area contributed by atoms with Gasteiger partial charge in [0.2, 0.25) is 0 Å². The van der Waals surface area contributed by atoms with E-state index >= 15 is 0 Å². The molecule has 1 saturated heterocycles. The second-order valence-electron chi connectivity index (χ2n) is 3.69. The lowest BCUT2D eigenvalue weighted by Crippen LogP contribution is -2.37. The summed E-state index contributed by atoms with van der Waals surface area (Å²) in [4.78, 5) is 12.8. The number of nitrogens with zero attached hydrogens (tertiary/aromatic N) is 2. The molecule has 0 amide bonds. The first-order chi connectivity index (χ1) is 7.75. The Hall–Kier alpha value is -1.40. The first-order valence-electron chi connectivity index (χ1n) is 5.24. The van der Waals surface area contributed by atoms with Crippen LogP contribution in [0, 0.1) is 0 Å². The molecule has 0 saturated carbocycles. The Kier molecular flexibility index (Phi) is 3.53. The van der Waals surface area contributed by atoms with E-state index in [9.17, 15) is 4.79 Å². The summed E-state index contributed by atoms with van der Waals surface area (Å²) < 4.78 is 10.2. The average molecular weight is 226 g/mol. The van der Waals surface area contributed by atoms with Crippen LogP contribution in [-0.4, -0.2) is 54.0 Å². The zero-order chi connectivity index (χ0) is 11.4. The molecule has 88 valence electrons. The maximum Gasteiger partial charge on any atom is 0.358 e. The van der Waals surface area contributed by atoms with E-state index in [1.807, 2.05) is 0 Å². The Morgan fingerprint density at radius 3 is 2.88 bits per heavy atom. The van der Waals surface area contributed by atoms with Gasteiger partial charge in [-0.1, -0.05) is 5.16 Å². The zero-order valence-electron chi connectivity index (χ0n) is 8.89. The lowest BCUT2D eigenvalue weighted by atomic mass is 10.2.